The van der Waals surface area contributed by atoms with Crippen LogP contribution in [0.2, 0.25) is 0 Å². The first-order valence-electron chi connectivity index (χ1n) is 5.28. The highest BCUT2D eigenvalue weighted by molar-refractivity contribution is 4.73. The molecule has 1 unspecified atom stereocenters. The third-order valence-electron chi connectivity index (χ3n) is 2.49. The zero-order chi connectivity index (χ0) is 9.90. The Morgan fingerprint density at radius 1 is 1.31 bits per heavy atom. The summed E-state index contributed by atoms with van der Waals surface area (Å²) in [6.07, 6.45) is 2.42. The van der Waals surface area contributed by atoms with Gasteiger partial charge in [0.25, 0.3) is 0 Å². The second kappa shape index (κ2) is 4.43. The van der Waals surface area contributed by atoms with Crippen molar-refractivity contribution in [1.82, 2.24) is 0 Å². The Balaban J connectivity index is 2.32. The van der Waals surface area contributed by atoms with Gasteiger partial charge in [0.1, 0.15) is 0 Å². The summed E-state index contributed by atoms with van der Waals surface area (Å²) < 4.78 is 11.4. The van der Waals surface area contributed by atoms with Crippen molar-refractivity contribution in [2.75, 3.05) is 13.2 Å². The van der Waals surface area contributed by atoms with Crippen LogP contribution < -0.4 is 0 Å². The minimum Gasteiger partial charge on any atom is -0.352 e. The van der Waals surface area contributed by atoms with E-state index in [9.17, 15) is 0 Å². The van der Waals surface area contributed by atoms with Crippen molar-refractivity contribution < 1.29 is 9.47 Å². The number of ether oxygens (including phenoxy) is 2. The van der Waals surface area contributed by atoms with Crippen molar-refractivity contribution in [3.05, 3.63) is 0 Å². The maximum atomic E-state index is 5.69. The maximum Gasteiger partial charge on any atom is 0.160 e. The summed E-state index contributed by atoms with van der Waals surface area (Å²) in [4.78, 5) is 0. The van der Waals surface area contributed by atoms with Gasteiger partial charge in [-0.2, -0.15) is 0 Å². The molecule has 0 aromatic carbocycles. The Kier molecular flexibility index (Phi) is 3.74. The highest BCUT2D eigenvalue weighted by Crippen LogP contribution is 2.27. The van der Waals surface area contributed by atoms with Gasteiger partial charge in [-0.3, -0.25) is 0 Å². The van der Waals surface area contributed by atoms with E-state index in [0.717, 1.165) is 13.2 Å². The summed E-state index contributed by atoms with van der Waals surface area (Å²) in [5.41, 5.74) is 0.197. The van der Waals surface area contributed by atoms with Crippen molar-refractivity contribution in [2.24, 2.45) is 11.3 Å². The molecule has 0 bridgehead atoms. The lowest BCUT2D eigenvalue weighted by molar-refractivity contribution is -0.241. The molecule has 1 aliphatic rings. The lowest BCUT2D eigenvalue weighted by atomic mass is 9.94. The fourth-order valence-electron chi connectivity index (χ4n) is 1.63. The molecule has 78 valence electrons. The van der Waals surface area contributed by atoms with Crippen LogP contribution in [-0.4, -0.2) is 19.5 Å². The molecule has 1 rings (SSSR count). The molecule has 2 heteroatoms. The topological polar surface area (TPSA) is 18.5 Å². The Morgan fingerprint density at radius 3 is 2.31 bits per heavy atom. The smallest absolute Gasteiger partial charge is 0.160 e. The van der Waals surface area contributed by atoms with Gasteiger partial charge in [0.15, 0.2) is 6.29 Å². The molecule has 1 atom stereocenters. The third kappa shape index (κ3) is 3.28. The molecule has 0 amide bonds. The highest BCUT2D eigenvalue weighted by atomic mass is 16.7. The van der Waals surface area contributed by atoms with Crippen LogP contribution in [0.15, 0.2) is 0 Å². The van der Waals surface area contributed by atoms with E-state index in [2.05, 4.69) is 27.7 Å². The number of hydrogen-bond acceptors (Lipinski definition) is 2. The SMILES string of the molecule is CCCC(C)C1OCC(C)(C)CO1. The van der Waals surface area contributed by atoms with Crippen LogP contribution in [0.3, 0.4) is 0 Å². The van der Waals surface area contributed by atoms with Crippen molar-refractivity contribution >= 4 is 0 Å². The van der Waals surface area contributed by atoms with E-state index >= 15 is 0 Å². The summed E-state index contributed by atoms with van der Waals surface area (Å²) in [5, 5.41) is 0. The first-order valence-corrected chi connectivity index (χ1v) is 5.28. The molecular weight excluding hydrogens is 164 g/mol. The monoisotopic (exact) mass is 186 g/mol. The molecule has 1 heterocycles. The van der Waals surface area contributed by atoms with Crippen molar-refractivity contribution in [3.63, 3.8) is 0 Å². The first-order chi connectivity index (χ1) is 6.05. The minimum atomic E-state index is 0.0352. The quantitative estimate of drug-likeness (QED) is 0.674. The van der Waals surface area contributed by atoms with E-state index in [4.69, 9.17) is 9.47 Å². The summed E-state index contributed by atoms with van der Waals surface area (Å²) >= 11 is 0. The first kappa shape index (κ1) is 11.0. The fourth-order valence-corrected chi connectivity index (χ4v) is 1.63. The molecule has 13 heavy (non-hydrogen) atoms. The van der Waals surface area contributed by atoms with Crippen LogP contribution in [0.25, 0.3) is 0 Å². The molecule has 0 aromatic heterocycles. The van der Waals surface area contributed by atoms with Crippen LogP contribution in [-0.2, 0) is 9.47 Å². The van der Waals surface area contributed by atoms with Gasteiger partial charge in [-0.25, -0.2) is 0 Å². The zero-order valence-electron chi connectivity index (χ0n) is 9.30. The van der Waals surface area contributed by atoms with E-state index < -0.39 is 0 Å². The normalized spacial score (nSPS) is 25.8. The predicted molar refractivity (Wildman–Crippen MR) is 53.5 cm³/mol. The molecule has 0 saturated carbocycles. The zero-order valence-corrected chi connectivity index (χ0v) is 9.30. The second-order valence-electron chi connectivity index (χ2n) is 4.92. The molecule has 2 nitrogen and oxygen atoms in total. The second-order valence-corrected chi connectivity index (χ2v) is 4.92. The molecule has 0 spiro atoms. The average molecular weight is 186 g/mol. The largest absolute Gasteiger partial charge is 0.352 e. The van der Waals surface area contributed by atoms with Crippen LogP contribution in [0.4, 0.5) is 0 Å². The van der Waals surface area contributed by atoms with E-state index in [0.29, 0.717) is 5.92 Å². The van der Waals surface area contributed by atoms with E-state index in [-0.39, 0.29) is 11.7 Å². The van der Waals surface area contributed by atoms with Crippen molar-refractivity contribution in [3.8, 4) is 0 Å². The van der Waals surface area contributed by atoms with Crippen LogP contribution in [0.1, 0.15) is 40.5 Å². The number of rotatable bonds is 3. The predicted octanol–water partition coefficient (Wildman–Crippen LogP) is 2.82. The van der Waals surface area contributed by atoms with Gasteiger partial charge in [-0.05, 0) is 6.42 Å². The van der Waals surface area contributed by atoms with Gasteiger partial charge in [-0.1, -0.05) is 34.1 Å². The van der Waals surface area contributed by atoms with Gasteiger partial charge in [0.2, 0.25) is 0 Å². The summed E-state index contributed by atoms with van der Waals surface area (Å²) in [5.74, 6) is 0.529. The summed E-state index contributed by atoms with van der Waals surface area (Å²) in [7, 11) is 0. The molecule has 0 N–H and O–H groups in total. The standard InChI is InChI=1S/C11H22O2/c1-5-6-9(2)10-12-7-11(3,4)8-13-10/h9-10H,5-8H2,1-4H3. The molecule has 1 aliphatic heterocycles. The lowest BCUT2D eigenvalue weighted by Crippen LogP contribution is -2.40. The third-order valence-corrected chi connectivity index (χ3v) is 2.49. The molecule has 1 saturated heterocycles. The number of hydrogen-bond donors (Lipinski definition) is 0. The van der Waals surface area contributed by atoms with Crippen molar-refractivity contribution in [2.45, 2.75) is 46.8 Å². The fraction of sp³-hybridized carbons (Fsp3) is 1.00. The minimum absolute atomic E-state index is 0.0352. The van der Waals surface area contributed by atoms with Gasteiger partial charge in [-0.15, -0.1) is 0 Å². The van der Waals surface area contributed by atoms with Crippen LogP contribution in [0.5, 0.6) is 0 Å². The van der Waals surface area contributed by atoms with E-state index in [1.807, 2.05) is 0 Å². The molecular formula is C11H22O2. The van der Waals surface area contributed by atoms with Crippen molar-refractivity contribution in [1.29, 1.82) is 0 Å². The Labute approximate surface area is 81.6 Å². The average Bonchev–Trinajstić information content (AvgIpc) is 2.04. The van der Waals surface area contributed by atoms with Gasteiger partial charge < -0.3 is 9.47 Å². The molecule has 0 radical (unpaired) electrons. The summed E-state index contributed by atoms with van der Waals surface area (Å²) in [6, 6.07) is 0. The van der Waals surface area contributed by atoms with Gasteiger partial charge in [0.05, 0.1) is 13.2 Å². The maximum absolute atomic E-state index is 5.69. The Bertz CT molecular complexity index is 144. The highest BCUT2D eigenvalue weighted by Gasteiger charge is 2.30. The molecule has 0 aromatic rings. The molecule has 0 aliphatic carbocycles. The van der Waals surface area contributed by atoms with Gasteiger partial charge >= 0.3 is 0 Å². The molecule has 1 fully saturated rings. The Hall–Kier alpha value is -0.0800. The summed E-state index contributed by atoms with van der Waals surface area (Å²) in [6.45, 7) is 10.4. The van der Waals surface area contributed by atoms with E-state index in [1.165, 1.54) is 12.8 Å². The van der Waals surface area contributed by atoms with Crippen LogP contribution in [0, 0.1) is 11.3 Å². The lowest BCUT2D eigenvalue weighted by Gasteiger charge is -2.37. The van der Waals surface area contributed by atoms with Crippen LogP contribution >= 0.6 is 0 Å². The van der Waals surface area contributed by atoms with Gasteiger partial charge in [0, 0.05) is 11.3 Å². The Morgan fingerprint density at radius 2 is 1.85 bits per heavy atom. The van der Waals surface area contributed by atoms with E-state index in [1.54, 1.807) is 0 Å².